The highest BCUT2D eigenvalue weighted by molar-refractivity contribution is 5.89. The Balaban J connectivity index is 0.00000208. The van der Waals surface area contributed by atoms with Gasteiger partial charge in [-0.3, -0.25) is 4.79 Å². The normalized spacial score (nSPS) is 24.5. The zero-order valence-corrected chi connectivity index (χ0v) is 15.7. The maximum absolute atomic E-state index is 13.3. The van der Waals surface area contributed by atoms with E-state index in [1.807, 2.05) is 17.0 Å². The summed E-state index contributed by atoms with van der Waals surface area (Å²) in [6.07, 6.45) is 3.90. The molecule has 1 saturated heterocycles. The van der Waals surface area contributed by atoms with E-state index in [4.69, 9.17) is 10.5 Å². The lowest BCUT2D eigenvalue weighted by atomic mass is 9.63. The molecule has 0 radical (unpaired) electrons. The Morgan fingerprint density at radius 3 is 2.33 bits per heavy atom. The average molecular weight is 353 g/mol. The van der Waals surface area contributed by atoms with Crippen molar-refractivity contribution in [3.05, 3.63) is 29.8 Å². The summed E-state index contributed by atoms with van der Waals surface area (Å²) < 4.78 is 5.24. The van der Waals surface area contributed by atoms with Crippen molar-refractivity contribution in [1.29, 1.82) is 0 Å². The van der Waals surface area contributed by atoms with E-state index in [9.17, 15) is 4.79 Å². The summed E-state index contributed by atoms with van der Waals surface area (Å²) in [6, 6.07) is 8.19. The van der Waals surface area contributed by atoms with Crippen molar-refractivity contribution in [2.75, 3.05) is 20.2 Å². The molecule has 0 aromatic heterocycles. The van der Waals surface area contributed by atoms with Crippen LogP contribution in [0.25, 0.3) is 0 Å². The Labute approximate surface area is 151 Å². The van der Waals surface area contributed by atoms with E-state index in [-0.39, 0.29) is 35.2 Å². The van der Waals surface area contributed by atoms with E-state index in [2.05, 4.69) is 26.0 Å². The van der Waals surface area contributed by atoms with Gasteiger partial charge in [-0.25, -0.2) is 0 Å². The minimum Gasteiger partial charge on any atom is -0.497 e. The molecule has 1 atom stereocenters. The van der Waals surface area contributed by atoms with Gasteiger partial charge in [0.25, 0.3) is 0 Å². The summed E-state index contributed by atoms with van der Waals surface area (Å²) in [6.45, 7) is 5.86. The van der Waals surface area contributed by atoms with Crippen LogP contribution in [0.15, 0.2) is 24.3 Å². The highest BCUT2D eigenvalue weighted by Gasteiger charge is 2.49. The van der Waals surface area contributed by atoms with Crippen LogP contribution in [0.4, 0.5) is 0 Å². The molecule has 3 rings (SSSR count). The first-order valence-corrected chi connectivity index (χ1v) is 8.58. The second-order valence-electron chi connectivity index (χ2n) is 7.77. The van der Waals surface area contributed by atoms with E-state index in [1.165, 1.54) is 0 Å². The predicted molar refractivity (Wildman–Crippen MR) is 98.7 cm³/mol. The fourth-order valence-corrected chi connectivity index (χ4v) is 3.92. The zero-order chi connectivity index (χ0) is 16.7. The molecule has 1 heterocycles. The number of nitrogens with two attached hydrogens (primary N) is 1. The third-order valence-corrected chi connectivity index (χ3v) is 5.86. The first-order valence-electron chi connectivity index (χ1n) is 8.58. The van der Waals surface area contributed by atoms with Gasteiger partial charge in [0.15, 0.2) is 0 Å². The van der Waals surface area contributed by atoms with Crippen LogP contribution in [-0.2, 0) is 10.2 Å². The van der Waals surface area contributed by atoms with Crippen LogP contribution >= 0.6 is 12.4 Å². The molecule has 2 fully saturated rings. The maximum Gasteiger partial charge on any atom is 0.233 e. The first kappa shape index (κ1) is 19.1. The monoisotopic (exact) mass is 352 g/mol. The van der Waals surface area contributed by atoms with Crippen molar-refractivity contribution in [3.63, 3.8) is 0 Å². The highest BCUT2D eigenvalue weighted by Crippen LogP contribution is 2.46. The Morgan fingerprint density at radius 2 is 1.88 bits per heavy atom. The highest BCUT2D eigenvalue weighted by atomic mass is 35.5. The van der Waals surface area contributed by atoms with E-state index in [0.29, 0.717) is 0 Å². The van der Waals surface area contributed by atoms with Crippen molar-refractivity contribution in [2.45, 2.75) is 51.0 Å². The molecule has 0 bridgehead atoms. The van der Waals surface area contributed by atoms with Crippen LogP contribution in [-0.4, -0.2) is 37.0 Å². The molecule has 1 saturated carbocycles. The van der Waals surface area contributed by atoms with Crippen molar-refractivity contribution >= 4 is 18.3 Å². The molecule has 134 valence electrons. The number of likely N-dealkylation sites (tertiary alicyclic amines) is 1. The third-order valence-electron chi connectivity index (χ3n) is 5.86. The number of carbonyl (C=O) groups is 1. The lowest BCUT2D eigenvalue weighted by Gasteiger charge is -2.49. The number of benzene rings is 1. The second-order valence-corrected chi connectivity index (χ2v) is 7.77. The number of hydrogen-bond acceptors (Lipinski definition) is 3. The van der Waals surface area contributed by atoms with Gasteiger partial charge in [0, 0.05) is 19.1 Å². The minimum atomic E-state index is -0.330. The molecular weight excluding hydrogens is 324 g/mol. The lowest BCUT2D eigenvalue weighted by molar-refractivity contribution is -0.144. The summed E-state index contributed by atoms with van der Waals surface area (Å²) in [7, 11) is 1.67. The number of halogens is 1. The van der Waals surface area contributed by atoms with Gasteiger partial charge in [-0.1, -0.05) is 32.4 Å². The SMILES string of the molecule is COc1ccc(C2(C(=O)N3CCC(N)C(C)(C)C3)CCC2)cc1.Cl. The summed E-state index contributed by atoms with van der Waals surface area (Å²) in [5.41, 5.74) is 7.00. The molecule has 1 aromatic rings. The maximum atomic E-state index is 13.3. The van der Waals surface area contributed by atoms with Gasteiger partial charge in [-0.15, -0.1) is 12.4 Å². The molecule has 24 heavy (non-hydrogen) atoms. The lowest BCUT2D eigenvalue weighted by Crippen LogP contribution is -2.59. The van der Waals surface area contributed by atoms with Crippen molar-refractivity contribution in [2.24, 2.45) is 11.1 Å². The van der Waals surface area contributed by atoms with Crippen molar-refractivity contribution in [3.8, 4) is 5.75 Å². The van der Waals surface area contributed by atoms with E-state index < -0.39 is 0 Å². The molecule has 1 aliphatic carbocycles. The molecule has 2 N–H and O–H groups in total. The van der Waals surface area contributed by atoms with Gasteiger partial charge in [0.1, 0.15) is 5.75 Å². The Hall–Kier alpha value is -1.26. The number of ether oxygens (including phenoxy) is 1. The largest absolute Gasteiger partial charge is 0.497 e. The molecule has 1 aromatic carbocycles. The summed E-state index contributed by atoms with van der Waals surface area (Å²) in [4.78, 5) is 15.4. The van der Waals surface area contributed by atoms with Gasteiger partial charge >= 0.3 is 0 Å². The molecule has 1 amide bonds. The van der Waals surface area contributed by atoms with Gasteiger partial charge in [-0.05, 0) is 42.4 Å². The van der Waals surface area contributed by atoms with Gasteiger partial charge in [0.2, 0.25) is 5.91 Å². The summed E-state index contributed by atoms with van der Waals surface area (Å²) in [5.74, 6) is 1.12. The Bertz CT molecular complexity index is 582. The van der Waals surface area contributed by atoms with Crippen molar-refractivity contribution < 1.29 is 9.53 Å². The zero-order valence-electron chi connectivity index (χ0n) is 14.9. The fourth-order valence-electron chi connectivity index (χ4n) is 3.92. The standard InChI is InChI=1S/C19H28N2O2.ClH/c1-18(2)13-21(12-9-16(18)20)17(22)19(10-4-11-19)14-5-7-15(23-3)8-6-14;/h5-8,16H,4,9-13,20H2,1-3H3;1H. The minimum absolute atomic E-state index is 0. The number of hydrogen-bond donors (Lipinski definition) is 1. The predicted octanol–water partition coefficient (Wildman–Crippen LogP) is 3.12. The van der Waals surface area contributed by atoms with Crippen LogP contribution in [0, 0.1) is 5.41 Å². The molecular formula is C19H29ClN2O2. The van der Waals surface area contributed by atoms with Gasteiger partial charge in [-0.2, -0.15) is 0 Å². The number of piperidine rings is 1. The van der Waals surface area contributed by atoms with Crippen LogP contribution < -0.4 is 10.5 Å². The average Bonchev–Trinajstić information content (AvgIpc) is 2.49. The van der Waals surface area contributed by atoms with Crippen LogP contribution in [0.3, 0.4) is 0 Å². The van der Waals surface area contributed by atoms with Crippen LogP contribution in [0.1, 0.15) is 45.1 Å². The first-order chi connectivity index (χ1) is 10.9. The van der Waals surface area contributed by atoms with E-state index in [0.717, 1.165) is 50.1 Å². The quantitative estimate of drug-likeness (QED) is 0.909. The topological polar surface area (TPSA) is 55.6 Å². The van der Waals surface area contributed by atoms with E-state index in [1.54, 1.807) is 7.11 Å². The Kier molecular flexibility index (Phi) is 5.50. The number of rotatable bonds is 3. The molecule has 2 aliphatic rings. The molecule has 0 spiro atoms. The molecule has 5 heteroatoms. The number of carbonyl (C=O) groups excluding carboxylic acids is 1. The molecule has 4 nitrogen and oxygen atoms in total. The summed E-state index contributed by atoms with van der Waals surface area (Å²) >= 11 is 0. The number of amides is 1. The number of methoxy groups -OCH3 is 1. The fraction of sp³-hybridized carbons (Fsp3) is 0.632. The van der Waals surface area contributed by atoms with Crippen molar-refractivity contribution in [1.82, 2.24) is 4.90 Å². The van der Waals surface area contributed by atoms with Crippen LogP contribution in [0.5, 0.6) is 5.75 Å². The smallest absolute Gasteiger partial charge is 0.233 e. The van der Waals surface area contributed by atoms with E-state index >= 15 is 0 Å². The molecule has 1 unspecified atom stereocenters. The number of nitrogens with zero attached hydrogens (tertiary/aromatic N) is 1. The van der Waals surface area contributed by atoms with Crippen LogP contribution in [0.2, 0.25) is 0 Å². The third kappa shape index (κ3) is 3.14. The second kappa shape index (κ2) is 6.93. The summed E-state index contributed by atoms with van der Waals surface area (Å²) in [5, 5.41) is 0. The van der Waals surface area contributed by atoms with Gasteiger partial charge < -0.3 is 15.4 Å². The molecule has 1 aliphatic heterocycles. The van der Waals surface area contributed by atoms with Gasteiger partial charge in [0.05, 0.1) is 12.5 Å². The Morgan fingerprint density at radius 1 is 1.25 bits per heavy atom.